The minimum absolute atomic E-state index is 0.282. The van der Waals surface area contributed by atoms with Gasteiger partial charge in [0, 0.05) is 15.4 Å². The molecule has 0 fully saturated rings. The number of hydrogen-bond acceptors (Lipinski definition) is 2. The maximum absolute atomic E-state index is 13.7. The van der Waals surface area contributed by atoms with Crippen molar-refractivity contribution in [1.82, 2.24) is 9.97 Å². The van der Waals surface area contributed by atoms with Crippen LogP contribution in [0, 0.1) is 19.7 Å². The predicted octanol–water partition coefficient (Wildman–Crippen LogP) is 5.47. The quantitative estimate of drug-likeness (QED) is 0.534. The van der Waals surface area contributed by atoms with E-state index in [9.17, 15) is 4.39 Å². The van der Waals surface area contributed by atoms with Gasteiger partial charge in [0.2, 0.25) is 0 Å². The molecule has 106 valence electrons. The lowest BCUT2D eigenvalue weighted by molar-refractivity contribution is 0.619. The van der Waals surface area contributed by atoms with Crippen LogP contribution >= 0.6 is 27.5 Å². The molecule has 0 saturated heterocycles. The molecule has 0 N–H and O–H groups in total. The summed E-state index contributed by atoms with van der Waals surface area (Å²) in [5.74, 6) is 0.131. The van der Waals surface area contributed by atoms with Crippen LogP contribution in [0.5, 0.6) is 0 Å². The van der Waals surface area contributed by atoms with Crippen LogP contribution in [-0.4, -0.2) is 9.97 Å². The summed E-state index contributed by atoms with van der Waals surface area (Å²) in [5, 5.41) is 1.14. The predicted molar refractivity (Wildman–Crippen MR) is 87.1 cm³/mol. The number of rotatable bonds is 1. The van der Waals surface area contributed by atoms with Crippen LogP contribution in [0.4, 0.5) is 4.39 Å². The van der Waals surface area contributed by atoms with Gasteiger partial charge in [-0.25, -0.2) is 14.4 Å². The zero-order valence-electron chi connectivity index (χ0n) is 11.4. The van der Waals surface area contributed by atoms with Crippen molar-refractivity contribution >= 4 is 38.4 Å². The van der Waals surface area contributed by atoms with Gasteiger partial charge in [0.25, 0.3) is 0 Å². The molecular formula is C16H11BrClFN2. The summed E-state index contributed by atoms with van der Waals surface area (Å²) in [4.78, 5) is 8.80. The second-order valence-corrected chi connectivity index (χ2v) is 6.16. The Hall–Kier alpha value is -1.52. The van der Waals surface area contributed by atoms with Crippen LogP contribution in [0.15, 0.2) is 34.8 Å². The lowest BCUT2D eigenvalue weighted by atomic mass is 10.1. The molecule has 3 aromatic rings. The lowest BCUT2D eigenvalue weighted by Gasteiger charge is -2.08. The van der Waals surface area contributed by atoms with Gasteiger partial charge in [-0.05, 0) is 59.1 Å². The van der Waals surface area contributed by atoms with Gasteiger partial charge in [-0.1, -0.05) is 23.7 Å². The maximum Gasteiger partial charge on any atom is 0.161 e. The highest BCUT2D eigenvalue weighted by Crippen LogP contribution is 2.31. The number of halogens is 3. The molecular weight excluding hydrogens is 355 g/mol. The number of aryl methyl sites for hydroxylation is 2. The van der Waals surface area contributed by atoms with Crippen LogP contribution in [0.3, 0.4) is 0 Å². The highest BCUT2D eigenvalue weighted by atomic mass is 79.9. The minimum Gasteiger partial charge on any atom is -0.227 e. The molecule has 0 amide bonds. The molecule has 0 saturated carbocycles. The second-order valence-electron chi connectivity index (χ2n) is 4.94. The van der Waals surface area contributed by atoms with Crippen molar-refractivity contribution in [2.24, 2.45) is 0 Å². The Morgan fingerprint density at radius 3 is 2.57 bits per heavy atom. The molecule has 3 rings (SSSR count). The maximum atomic E-state index is 13.7. The molecule has 0 spiro atoms. The third-order valence-corrected chi connectivity index (χ3v) is 4.17. The molecule has 0 aliphatic carbocycles. The van der Waals surface area contributed by atoms with Crippen LogP contribution in [-0.2, 0) is 0 Å². The van der Waals surface area contributed by atoms with E-state index < -0.39 is 0 Å². The van der Waals surface area contributed by atoms with Gasteiger partial charge in [-0.15, -0.1) is 0 Å². The third-order valence-electron chi connectivity index (χ3n) is 3.28. The van der Waals surface area contributed by atoms with Gasteiger partial charge >= 0.3 is 0 Å². The first-order valence-electron chi connectivity index (χ1n) is 6.35. The van der Waals surface area contributed by atoms with Gasteiger partial charge in [0.05, 0.1) is 5.52 Å². The average Bonchev–Trinajstić information content (AvgIpc) is 2.43. The summed E-state index contributed by atoms with van der Waals surface area (Å²) in [6.07, 6.45) is 0. The van der Waals surface area contributed by atoms with Gasteiger partial charge in [0.1, 0.15) is 11.0 Å². The third kappa shape index (κ3) is 2.65. The molecule has 0 aliphatic rings. The van der Waals surface area contributed by atoms with E-state index in [4.69, 9.17) is 11.6 Å². The Morgan fingerprint density at radius 2 is 1.86 bits per heavy atom. The van der Waals surface area contributed by atoms with Crippen molar-refractivity contribution in [3.05, 3.63) is 56.9 Å². The first-order chi connectivity index (χ1) is 9.95. The molecule has 2 nitrogen and oxygen atoms in total. The monoisotopic (exact) mass is 364 g/mol. The fourth-order valence-electron chi connectivity index (χ4n) is 2.15. The van der Waals surface area contributed by atoms with Gasteiger partial charge in [-0.3, -0.25) is 0 Å². The SMILES string of the molecule is Cc1cc(Br)c2nc(-c3ccc(C)c(F)c3)nc(Cl)c2c1. The molecule has 0 aliphatic heterocycles. The standard InChI is InChI=1S/C16H11BrClFN2/c1-8-5-11-14(12(17)6-8)20-16(21-15(11)18)10-4-3-9(2)13(19)7-10/h3-7H,1-2H3. The van der Waals surface area contributed by atoms with E-state index in [-0.39, 0.29) is 5.82 Å². The molecule has 1 heterocycles. The smallest absolute Gasteiger partial charge is 0.161 e. The van der Waals surface area contributed by atoms with Crippen LogP contribution in [0.25, 0.3) is 22.3 Å². The highest BCUT2D eigenvalue weighted by molar-refractivity contribution is 9.10. The number of fused-ring (bicyclic) bond motifs is 1. The van der Waals surface area contributed by atoms with Crippen molar-refractivity contribution in [2.45, 2.75) is 13.8 Å². The summed E-state index contributed by atoms with van der Waals surface area (Å²) >= 11 is 9.75. The molecule has 0 atom stereocenters. The topological polar surface area (TPSA) is 25.8 Å². The Morgan fingerprint density at radius 1 is 1.10 bits per heavy atom. The zero-order chi connectivity index (χ0) is 15.1. The van der Waals surface area contributed by atoms with E-state index in [2.05, 4.69) is 25.9 Å². The van der Waals surface area contributed by atoms with Gasteiger partial charge in [-0.2, -0.15) is 0 Å². The molecule has 1 aromatic heterocycles. The van der Waals surface area contributed by atoms with Crippen LogP contribution in [0.1, 0.15) is 11.1 Å². The van der Waals surface area contributed by atoms with Crippen molar-refractivity contribution in [3.63, 3.8) is 0 Å². The fraction of sp³-hybridized carbons (Fsp3) is 0.125. The van der Waals surface area contributed by atoms with E-state index in [0.29, 0.717) is 22.1 Å². The summed E-state index contributed by atoms with van der Waals surface area (Å²) in [6, 6.07) is 8.82. The van der Waals surface area contributed by atoms with Gasteiger partial charge in [0.15, 0.2) is 5.82 Å². The van der Waals surface area contributed by atoms with Crippen LogP contribution in [0.2, 0.25) is 5.15 Å². The number of aromatic nitrogens is 2. The average molecular weight is 366 g/mol. The Bertz CT molecular complexity index is 865. The van der Waals surface area contributed by atoms with Crippen molar-refractivity contribution in [2.75, 3.05) is 0 Å². The zero-order valence-corrected chi connectivity index (χ0v) is 13.8. The number of hydrogen-bond donors (Lipinski definition) is 0. The molecule has 0 radical (unpaired) electrons. The summed E-state index contributed by atoms with van der Waals surface area (Å²) < 4.78 is 14.6. The van der Waals surface area contributed by atoms with Gasteiger partial charge < -0.3 is 0 Å². The molecule has 0 bridgehead atoms. The van der Waals surface area contributed by atoms with Crippen molar-refractivity contribution < 1.29 is 4.39 Å². The Kier molecular flexibility index (Phi) is 3.68. The summed E-state index contributed by atoms with van der Waals surface area (Å²) in [7, 11) is 0. The molecule has 2 aromatic carbocycles. The summed E-state index contributed by atoms with van der Waals surface area (Å²) in [6.45, 7) is 3.69. The van der Waals surface area contributed by atoms with E-state index in [1.54, 1.807) is 19.1 Å². The Labute approximate surface area is 135 Å². The first-order valence-corrected chi connectivity index (χ1v) is 7.53. The van der Waals surface area contributed by atoms with E-state index in [0.717, 1.165) is 20.9 Å². The largest absolute Gasteiger partial charge is 0.227 e. The lowest BCUT2D eigenvalue weighted by Crippen LogP contribution is -1.94. The van der Waals surface area contributed by atoms with Crippen LogP contribution < -0.4 is 0 Å². The van der Waals surface area contributed by atoms with E-state index >= 15 is 0 Å². The number of nitrogens with zero attached hydrogens (tertiary/aromatic N) is 2. The molecule has 0 unspecified atom stereocenters. The second kappa shape index (κ2) is 5.35. The fourth-order valence-corrected chi connectivity index (χ4v) is 3.04. The Balaban J connectivity index is 2.27. The van der Waals surface area contributed by atoms with E-state index in [1.165, 1.54) is 6.07 Å². The van der Waals surface area contributed by atoms with Crippen molar-refractivity contribution in [1.29, 1.82) is 0 Å². The normalized spacial score (nSPS) is 11.1. The molecule has 21 heavy (non-hydrogen) atoms. The minimum atomic E-state index is -0.282. The number of benzene rings is 2. The first kappa shape index (κ1) is 14.4. The van der Waals surface area contributed by atoms with E-state index in [1.807, 2.05) is 19.1 Å². The van der Waals surface area contributed by atoms with Crippen molar-refractivity contribution in [3.8, 4) is 11.4 Å². The summed E-state index contributed by atoms with van der Waals surface area (Å²) in [5.41, 5.74) is 2.97. The highest BCUT2D eigenvalue weighted by Gasteiger charge is 2.12. The molecule has 5 heteroatoms.